The average molecular weight is 805 g/mol. The zero-order valence-electron chi connectivity index (χ0n) is 34.8. The molecule has 0 fully saturated rings. The molecule has 15 aromatic carbocycles. The number of hydrogen-bond donors (Lipinski definition) is 0. The summed E-state index contributed by atoms with van der Waals surface area (Å²) in [5.74, 6) is 0. The van der Waals surface area contributed by atoms with E-state index in [2.05, 4.69) is 218 Å². The van der Waals surface area contributed by atoms with Gasteiger partial charge in [0.15, 0.2) is 0 Å². The van der Waals surface area contributed by atoms with Crippen molar-refractivity contribution < 1.29 is 0 Å². The highest BCUT2D eigenvalue weighted by Gasteiger charge is 2.28. The molecule has 0 aliphatic heterocycles. The van der Waals surface area contributed by atoms with Gasteiger partial charge in [-0.2, -0.15) is 0 Å². The van der Waals surface area contributed by atoms with Crippen LogP contribution in [0.25, 0.3) is 152 Å². The SMILES string of the molecule is c1ccc(-c2ccccc2-c2ccc3c4c2cc2c5cccc6cccc(c65)c2c4c2cccc4c(-c5ccccc5-c5ccccc5)c5c6cccc7cccc(c76)c5c3c42)cc1. The van der Waals surface area contributed by atoms with Crippen LogP contribution in [-0.4, -0.2) is 0 Å². The van der Waals surface area contributed by atoms with E-state index in [1.165, 1.54) is 152 Å². The van der Waals surface area contributed by atoms with E-state index in [-0.39, 0.29) is 0 Å². The third-order valence-corrected chi connectivity index (χ3v) is 14.7. The molecule has 0 unspecified atom stereocenters. The second-order valence-corrected chi connectivity index (χ2v) is 17.7. The molecule has 0 spiro atoms. The summed E-state index contributed by atoms with van der Waals surface area (Å²) in [6, 6.07) is 82.2. The minimum atomic E-state index is 1.23. The van der Waals surface area contributed by atoms with Gasteiger partial charge in [-0.25, -0.2) is 0 Å². The van der Waals surface area contributed by atoms with Crippen LogP contribution in [0, 0.1) is 0 Å². The van der Waals surface area contributed by atoms with Gasteiger partial charge in [0.25, 0.3) is 0 Å². The van der Waals surface area contributed by atoms with Gasteiger partial charge < -0.3 is 0 Å². The molecule has 0 atom stereocenters. The van der Waals surface area contributed by atoms with Gasteiger partial charge in [-0.1, -0.05) is 212 Å². The van der Waals surface area contributed by atoms with Gasteiger partial charge in [0.1, 0.15) is 0 Å². The lowest BCUT2D eigenvalue weighted by atomic mass is 9.80. The molecular formula is C64H36. The first-order valence-electron chi connectivity index (χ1n) is 22.4. The second kappa shape index (κ2) is 12.6. The molecule has 0 aromatic heterocycles. The molecule has 0 bridgehead atoms. The predicted molar refractivity (Wildman–Crippen MR) is 277 cm³/mol. The zero-order chi connectivity index (χ0) is 41.6. The number of fused-ring (bicyclic) bond motifs is 10. The molecule has 0 radical (unpaired) electrons. The molecule has 0 amide bonds. The Labute approximate surface area is 368 Å². The molecular weight excluding hydrogens is 769 g/mol. The highest BCUT2D eigenvalue weighted by molar-refractivity contribution is 6.52. The predicted octanol–water partition coefficient (Wildman–Crippen LogP) is 18.2. The Morgan fingerprint density at radius 1 is 0.172 bits per heavy atom. The third-order valence-electron chi connectivity index (χ3n) is 14.7. The van der Waals surface area contributed by atoms with E-state index in [0.717, 1.165) is 0 Å². The molecule has 0 N–H and O–H groups in total. The Kier molecular flexibility index (Phi) is 6.77. The Balaban J connectivity index is 1.24. The third kappa shape index (κ3) is 4.37. The minimum Gasteiger partial charge on any atom is -0.0622 e. The van der Waals surface area contributed by atoms with Gasteiger partial charge in [0.05, 0.1) is 0 Å². The number of rotatable bonds is 4. The van der Waals surface area contributed by atoms with Gasteiger partial charge in [-0.05, 0) is 158 Å². The quantitative estimate of drug-likeness (QED) is 0.123. The van der Waals surface area contributed by atoms with E-state index in [1.807, 2.05) is 0 Å². The van der Waals surface area contributed by atoms with Crippen molar-refractivity contribution in [2.24, 2.45) is 0 Å². The van der Waals surface area contributed by atoms with Crippen LogP contribution in [0.3, 0.4) is 0 Å². The smallest absolute Gasteiger partial charge is 0.000696 e. The Hall–Kier alpha value is -8.32. The summed E-state index contributed by atoms with van der Waals surface area (Å²) in [4.78, 5) is 0. The summed E-state index contributed by atoms with van der Waals surface area (Å²) in [6.45, 7) is 0. The largest absolute Gasteiger partial charge is 0.0622 e. The zero-order valence-corrected chi connectivity index (χ0v) is 34.8. The molecule has 64 heavy (non-hydrogen) atoms. The van der Waals surface area contributed by atoms with Gasteiger partial charge in [-0.3, -0.25) is 0 Å². The lowest BCUT2D eigenvalue weighted by molar-refractivity contribution is 1.60. The maximum Gasteiger partial charge on any atom is -0.000696 e. The molecule has 0 aliphatic carbocycles. The van der Waals surface area contributed by atoms with Crippen LogP contribution in [0.2, 0.25) is 0 Å². The first-order valence-corrected chi connectivity index (χ1v) is 22.4. The van der Waals surface area contributed by atoms with E-state index < -0.39 is 0 Å². The maximum absolute atomic E-state index is 2.55. The molecule has 0 aliphatic rings. The minimum absolute atomic E-state index is 1.23. The van der Waals surface area contributed by atoms with E-state index in [9.17, 15) is 0 Å². The fourth-order valence-electron chi connectivity index (χ4n) is 12.2. The van der Waals surface area contributed by atoms with Crippen LogP contribution in [0.1, 0.15) is 0 Å². The summed E-state index contributed by atoms with van der Waals surface area (Å²) in [6.07, 6.45) is 0. The van der Waals surface area contributed by atoms with Gasteiger partial charge in [0.2, 0.25) is 0 Å². The monoisotopic (exact) mass is 804 g/mol. The highest BCUT2D eigenvalue weighted by atomic mass is 14.3. The van der Waals surface area contributed by atoms with Crippen LogP contribution >= 0.6 is 0 Å². The number of hydrogen-bond acceptors (Lipinski definition) is 0. The second-order valence-electron chi connectivity index (χ2n) is 17.7. The Morgan fingerprint density at radius 2 is 0.578 bits per heavy atom. The molecule has 0 heterocycles. The fourth-order valence-corrected chi connectivity index (χ4v) is 12.2. The molecule has 0 heteroatoms. The van der Waals surface area contributed by atoms with Crippen LogP contribution in [-0.2, 0) is 0 Å². The van der Waals surface area contributed by atoms with E-state index in [4.69, 9.17) is 0 Å². The normalized spacial score (nSPS) is 12.4. The van der Waals surface area contributed by atoms with Crippen molar-refractivity contribution >= 4 is 108 Å². The summed E-state index contributed by atoms with van der Waals surface area (Å²) in [5, 5.41) is 26.5. The Bertz CT molecular complexity index is 4350. The van der Waals surface area contributed by atoms with Crippen molar-refractivity contribution in [2.75, 3.05) is 0 Å². The summed E-state index contributed by atoms with van der Waals surface area (Å²) < 4.78 is 0. The average Bonchev–Trinajstić information content (AvgIpc) is 3.87. The number of benzene rings is 13. The van der Waals surface area contributed by atoms with Crippen molar-refractivity contribution in [3.05, 3.63) is 218 Å². The topological polar surface area (TPSA) is 0 Å². The van der Waals surface area contributed by atoms with Crippen LogP contribution in [0.4, 0.5) is 0 Å². The van der Waals surface area contributed by atoms with Crippen molar-refractivity contribution in [1.29, 1.82) is 0 Å². The van der Waals surface area contributed by atoms with Crippen molar-refractivity contribution in [2.45, 2.75) is 0 Å². The van der Waals surface area contributed by atoms with Crippen molar-refractivity contribution in [3.8, 4) is 44.5 Å². The molecule has 15 aromatic rings. The molecule has 292 valence electrons. The summed E-state index contributed by atoms with van der Waals surface area (Å²) in [7, 11) is 0. The molecule has 0 nitrogen and oxygen atoms in total. The van der Waals surface area contributed by atoms with Crippen molar-refractivity contribution in [3.63, 3.8) is 0 Å². The fraction of sp³-hybridized carbons (Fsp3) is 0. The first-order chi connectivity index (χ1) is 31.8. The van der Waals surface area contributed by atoms with Gasteiger partial charge in [0, 0.05) is 0 Å². The van der Waals surface area contributed by atoms with Gasteiger partial charge in [-0.15, -0.1) is 0 Å². The standard InChI is InChI=1S/C64H36/c1-3-16-37(17-4-1)41-24-7-9-26-43(41)44-34-35-52-60-53(44)36-54-46-28-11-20-39-21-12-29-47(55(39)46)59(54)61(60)51-33-15-32-50-57(45-27-10-8-25-42(45)38-18-5-2-6-19-38)62-48-30-13-22-40-23-14-31-49(56(40)48)64(62)63(52)58(50)51/h1-36H. The van der Waals surface area contributed by atoms with E-state index in [1.54, 1.807) is 0 Å². The lowest BCUT2D eigenvalue weighted by Crippen LogP contribution is -1.94. The lowest BCUT2D eigenvalue weighted by Gasteiger charge is -2.22. The molecule has 15 rings (SSSR count). The molecule has 0 saturated heterocycles. The van der Waals surface area contributed by atoms with E-state index >= 15 is 0 Å². The highest BCUT2D eigenvalue weighted by Crippen LogP contribution is 2.57. The first kappa shape index (κ1) is 34.3. The van der Waals surface area contributed by atoms with Crippen LogP contribution < -0.4 is 0 Å². The molecule has 0 saturated carbocycles. The van der Waals surface area contributed by atoms with Crippen molar-refractivity contribution in [1.82, 2.24) is 0 Å². The summed E-state index contributed by atoms with van der Waals surface area (Å²) in [5.41, 5.74) is 10.0. The van der Waals surface area contributed by atoms with Gasteiger partial charge >= 0.3 is 0 Å². The summed E-state index contributed by atoms with van der Waals surface area (Å²) >= 11 is 0. The Morgan fingerprint density at radius 3 is 1.23 bits per heavy atom. The van der Waals surface area contributed by atoms with Crippen LogP contribution in [0.15, 0.2) is 218 Å². The van der Waals surface area contributed by atoms with E-state index in [0.29, 0.717) is 0 Å². The maximum atomic E-state index is 2.55. The van der Waals surface area contributed by atoms with Crippen LogP contribution in [0.5, 0.6) is 0 Å².